The number of imide groups is 1. The number of hydrogen-bond donors (Lipinski definition) is 1. The van der Waals surface area contributed by atoms with Crippen LogP contribution in [0.25, 0.3) is 0 Å². The molecule has 132 valence electrons. The Kier molecular flexibility index (Phi) is 4.69. The SMILES string of the molecule is COc1cccc(CN2C(=O)N[C@H](Cc3cn(C(C)C)nn3)C2=O)c1. The van der Waals surface area contributed by atoms with Crippen molar-refractivity contribution in [3.05, 3.63) is 41.7 Å². The number of amides is 3. The Balaban J connectivity index is 1.68. The summed E-state index contributed by atoms with van der Waals surface area (Å²) < 4.78 is 6.90. The number of nitrogens with zero attached hydrogens (tertiary/aromatic N) is 4. The fourth-order valence-corrected chi connectivity index (χ4v) is 2.69. The first-order valence-corrected chi connectivity index (χ1v) is 8.13. The van der Waals surface area contributed by atoms with E-state index in [1.807, 2.05) is 38.1 Å². The summed E-state index contributed by atoms with van der Waals surface area (Å²) in [6.07, 6.45) is 2.13. The maximum atomic E-state index is 12.6. The Morgan fingerprint density at radius 1 is 1.32 bits per heavy atom. The number of ether oxygens (including phenoxy) is 1. The van der Waals surface area contributed by atoms with E-state index in [0.717, 1.165) is 5.56 Å². The molecule has 1 aromatic heterocycles. The highest BCUT2D eigenvalue weighted by Crippen LogP contribution is 2.18. The van der Waals surface area contributed by atoms with E-state index in [1.54, 1.807) is 18.0 Å². The van der Waals surface area contributed by atoms with Crippen LogP contribution in [0.2, 0.25) is 0 Å². The van der Waals surface area contributed by atoms with Crippen LogP contribution in [0.1, 0.15) is 31.1 Å². The predicted octanol–water partition coefficient (Wildman–Crippen LogP) is 1.53. The monoisotopic (exact) mass is 343 g/mol. The molecule has 1 aliphatic rings. The van der Waals surface area contributed by atoms with Gasteiger partial charge in [-0.3, -0.25) is 9.69 Å². The number of urea groups is 1. The van der Waals surface area contributed by atoms with Crippen LogP contribution in [0.15, 0.2) is 30.5 Å². The largest absolute Gasteiger partial charge is 0.497 e. The molecule has 1 saturated heterocycles. The van der Waals surface area contributed by atoms with Gasteiger partial charge in [0.25, 0.3) is 5.91 Å². The summed E-state index contributed by atoms with van der Waals surface area (Å²) in [5, 5.41) is 10.8. The van der Waals surface area contributed by atoms with Crippen LogP contribution in [-0.4, -0.2) is 45.0 Å². The quantitative estimate of drug-likeness (QED) is 0.804. The second-order valence-electron chi connectivity index (χ2n) is 6.27. The number of methoxy groups -OCH3 is 1. The van der Waals surface area contributed by atoms with Crippen molar-refractivity contribution in [3.8, 4) is 5.75 Å². The van der Waals surface area contributed by atoms with E-state index < -0.39 is 12.1 Å². The second kappa shape index (κ2) is 6.92. The molecule has 3 rings (SSSR count). The van der Waals surface area contributed by atoms with Gasteiger partial charge in [0.15, 0.2) is 0 Å². The van der Waals surface area contributed by atoms with Crippen LogP contribution in [0.3, 0.4) is 0 Å². The molecule has 3 amide bonds. The fourth-order valence-electron chi connectivity index (χ4n) is 2.69. The van der Waals surface area contributed by atoms with Crippen molar-refractivity contribution in [3.63, 3.8) is 0 Å². The lowest BCUT2D eigenvalue weighted by molar-refractivity contribution is -0.127. The smallest absolute Gasteiger partial charge is 0.325 e. The predicted molar refractivity (Wildman–Crippen MR) is 90.0 cm³/mol. The molecule has 2 aromatic rings. The van der Waals surface area contributed by atoms with Gasteiger partial charge in [-0.2, -0.15) is 0 Å². The van der Waals surface area contributed by atoms with Crippen LogP contribution < -0.4 is 10.1 Å². The number of rotatable bonds is 6. The molecule has 0 spiro atoms. The molecule has 1 atom stereocenters. The zero-order valence-electron chi connectivity index (χ0n) is 14.5. The van der Waals surface area contributed by atoms with Gasteiger partial charge in [-0.05, 0) is 31.5 Å². The maximum absolute atomic E-state index is 12.6. The molecule has 0 bridgehead atoms. The average molecular weight is 343 g/mol. The summed E-state index contributed by atoms with van der Waals surface area (Å²) in [6, 6.07) is 6.49. The molecule has 1 fully saturated rings. The second-order valence-corrected chi connectivity index (χ2v) is 6.27. The summed E-state index contributed by atoms with van der Waals surface area (Å²) in [6.45, 7) is 4.20. The van der Waals surface area contributed by atoms with Crippen LogP contribution in [-0.2, 0) is 17.8 Å². The van der Waals surface area contributed by atoms with Gasteiger partial charge in [-0.15, -0.1) is 5.10 Å². The van der Waals surface area contributed by atoms with Gasteiger partial charge in [0.2, 0.25) is 0 Å². The number of benzene rings is 1. The Morgan fingerprint density at radius 2 is 2.12 bits per heavy atom. The molecule has 8 nitrogen and oxygen atoms in total. The average Bonchev–Trinajstić information content (AvgIpc) is 3.16. The molecule has 1 aliphatic heterocycles. The highest BCUT2D eigenvalue weighted by molar-refractivity contribution is 6.04. The number of nitrogens with one attached hydrogen (secondary N) is 1. The summed E-state index contributed by atoms with van der Waals surface area (Å²) in [5.41, 5.74) is 1.50. The summed E-state index contributed by atoms with van der Waals surface area (Å²) in [5.74, 6) is 0.429. The lowest BCUT2D eigenvalue weighted by atomic mass is 10.1. The molecular weight excluding hydrogens is 322 g/mol. The van der Waals surface area contributed by atoms with Crippen LogP contribution >= 0.6 is 0 Å². The first kappa shape index (κ1) is 16.9. The van der Waals surface area contributed by atoms with Gasteiger partial charge in [0.1, 0.15) is 11.8 Å². The van der Waals surface area contributed by atoms with Crippen LogP contribution in [0, 0.1) is 0 Å². The maximum Gasteiger partial charge on any atom is 0.325 e. The van der Waals surface area contributed by atoms with Gasteiger partial charge < -0.3 is 10.1 Å². The fraction of sp³-hybridized carbons (Fsp3) is 0.412. The van der Waals surface area contributed by atoms with Crippen molar-refractivity contribution in [2.75, 3.05) is 7.11 Å². The first-order chi connectivity index (χ1) is 12.0. The van der Waals surface area contributed by atoms with E-state index in [0.29, 0.717) is 17.9 Å². The van der Waals surface area contributed by atoms with Crippen LogP contribution in [0.5, 0.6) is 5.75 Å². The van der Waals surface area contributed by atoms with E-state index in [9.17, 15) is 9.59 Å². The summed E-state index contributed by atoms with van der Waals surface area (Å²) in [4.78, 5) is 26.0. The molecule has 2 heterocycles. The third-order valence-electron chi connectivity index (χ3n) is 4.08. The summed E-state index contributed by atoms with van der Waals surface area (Å²) in [7, 11) is 1.58. The molecule has 0 saturated carbocycles. The molecular formula is C17H21N5O3. The van der Waals surface area contributed by atoms with Gasteiger partial charge in [-0.1, -0.05) is 17.3 Å². The lowest BCUT2D eigenvalue weighted by Crippen LogP contribution is -2.32. The highest BCUT2D eigenvalue weighted by Gasteiger charge is 2.38. The number of aromatic nitrogens is 3. The topological polar surface area (TPSA) is 89.3 Å². The van der Waals surface area contributed by atoms with Gasteiger partial charge >= 0.3 is 6.03 Å². The first-order valence-electron chi connectivity index (χ1n) is 8.13. The molecule has 1 aromatic carbocycles. The van der Waals surface area contributed by atoms with E-state index in [4.69, 9.17) is 4.74 Å². The number of carbonyl (C=O) groups excluding carboxylic acids is 2. The highest BCUT2D eigenvalue weighted by atomic mass is 16.5. The van der Waals surface area contributed by atoms with Crippen molar-refractivity contribution in [1.82, 2.24) is 25.2 Å². The minimum absolute atomic E-state index is 0.194. The zero-order valence-corrected chi connectivity index (χ0v) is 14.5. The molecule has 25 heavy (non-hydrogen) atoms. The number of hydrogen-bond acceptors (Lipinski definition) is 5. The zero-order chi connectivity index (χ0) is 18.0. The minimum Gasteiger partial charge on any atom is -0.497 e. The van der Waals surface area contributed by atoms with Crippen molar-refractivity contribution in [1.29, 1.82) is 0 Å². The summed E-state index contributed by atoms with van der Waals surface area (Å²) >= 11 is 0. The van der Waals surface area contributed by atoms with Gasteiger partial charge in [0.05, 0.1) is 19.3 Å². The third-order valence-corrected chi connectivity index (χ3v) is 4.08. The van der Waals surface area contributed by atoms with Crippen LogP contribution in [0.4, 0.5) is 4.79 Å². The van der Waals surface area contributed by atoms with E-state index in [-0.39, 0.29) is 18.5 Å². The third kappa shape index (κ3) is 3.62. The van der Waals surface area contributed by atoms with Crippen molar-refractivity contribution >= 4 is 11.9 Å². The molecule has 0 aliphatic carbocycles. The normalized spacial score (nSPS) is 17.3. The Morgan fingerprint density at radius 3 is 2.80 bits per heavy atom. The number of carbonyl (C=O) groups is 2. The molecule has 8 heteroatoms. The minimum atomic E-state index is -0.615. The lowest BCUT2D eigenvalue weighted by Gasteiger charge is -2.13. The molecule has 0 unspecified atom stereocenters. The van der Waals surface area contributed by atoms with E-state index in [1.165, 1.54) is 4.90 Å². The van der Waals surface area contributed by atoms with Crippen molar-refractivity contribution < 1.29 is 14.3 Å². The van der Waals surface area contributed by atoms with E-state index >= 15 is 0 Å². The van der Waals surface area contributed by atoms with Gasteiger partial charge in [0, 0.05) is 18.7 Å². The van der Waals surface area contributed by atoms with E-state index in [2.05, 4.69) is 15.6 Å². The Bertz CT molecular complexity index is 786. The Hall–Kier alpha value is -2.90. The van der Waals surface area contributed by atoms with Gasteiger partial charge in [-0.25, -0.2) is 9.48 Å². The Labute approximate surface area is 145 Å². The van der Waals surface area contributed by atoms with Crippen molar-refractivity contribution in [2.45, 2.75) is 38.9 Å². The van der Waals surface area contributed by atoms with Crippen molar-refractivity contribution in [2.24, 2.45) is 0 Å². The molecule has 1 N–H and O–H groups in total. The standard InChI is InChI=1S/C17H21N5O3/c1-11(2)22-10-13(19-20-22)8-15-16(23)21(17(24)18-15)9-12-5-4-6-14(7-12)25-3/h4-7,10-11,15H,8-9H2,1-3H3,(H,18,24)/t15-/m1/s1. The molecule has 0 radical (unpaired) electrons.